The topological polar surface area (TPSA) is 58.9 Å². The number of anilines is 1. The first-order chi connectivity index (χ1) is 14.2. The highest BCUT2D eigenvalue weighted by Gasteiger charge is 2.26. The summed E-state index contributed by atoms with van der Waals surface area (Å²) in [6, 6.07) is 10.4. The van der Waals surface area contributed by atoms with Crippen molar-refractivity contribution in [3.05, 3.63) is 59.1 Å². The third-order valence-electron chi connectivity index (χ3n) is 6.02. The van der Waals surface area contributed by atoms with E-state index in [1.54, 1.807) is 0 Å². The molecule has 1 aromatic carbocycles. The average molecular weight is 409 g/mol. The quantitative estimate of drug-likeness (QED) is 0.697. The number of benzene rings is 1. The van der Waals surface area contributed by atoms with E-state index < -0.39 is 0 Å². The molecule has 7 heteroatoms. The molecule has 0 amide bonds. The van der Waals surface area contributed by atoms with Crippen molar-refractivity contribution in [1.29, 1.82) is 0 Å². The summed E-state index contributed by atoms with van der Waals surface area (Å²) in [7, 11) is 0. The number of halogens is 1. The van der Waals surface area contributed by atoms with Crippen molar-refractivity contribution in [1.82, 2.24) is 25.1 Å². The highest BCUT2D eigenvalue weighted by Crippen LogP contribution is 2.36. The molecule has 5 rings (SSSR count). The van der Waals surface area contributed by atoms with Gasteiger partial charge in [0, 0.05) is 43.3 Å². The predicted octanol–water partition coefficient (Wildman–Crippen LogP) is 3.73. The Labute approximate surface area is 175 Å². The van der Waals surface area contributed by atoms with Gasteiger partial charge in [-0.2, -0.15) is 5.10 Å². The fourth-order valence-electron chi connectivity index (χ4n) is 4.25. The van der Waals surface area contributed by atoms with Gasteiger partial charge in [0.2, 0.25) is 0 Å². The highest BCUT2D eigenvalue weighted by atomic mass is 35.5. The molecule has 0 saturated carbocycles. The number of aryl methyl sites for hydroxylation is 1. The van der Waals surface area contributed by atoms with Gasteiger partial charge in [-0.25, -0.2) is 4.98 Å². The fraction of sp³-hybridized carbons (Fsp3) is 0.409. The maximum absolute atomic E-state index is 6.48. The molecule has 1 fully saturated rings. The van der Waals surface area contributed by atoms with Gasteiger partial charge >= 0.3 is 0 Å². The van der Waals surface area contributed by atoms with Crippen LogP contribution in [0.1, 0.15) is 30.6 Å². The molecule has 1 saturated heterocycles. The Morgan fingerprint density at radius 3 is 2.86 bits per heavy atom. The van der Waals surface area contributed by atoms with Gasteiger partial charge in [-0.3, -0.25) is 0 Å². The Morgan fingerprint density at radius 2 is 2.07 bits per heavy atom. The summed E-state index contributed by atoms with van der Waals surface area (Å²) in [5.41, 5.74) is 5.04. The predicted molar refractivity (Wildman–Crippen MR) is 115 cm³/mol. The Balaban J connectivity index is 1.44. The molecule has 0 aliphatic carbocycles. The second-order valence-corrected chi connectivity index (χ2v) is 8.44. The summed E-state index contributed by atoms with van der Waals surface area (Å²) < 4.78 is 2.16. The van der Waals surface area contributed by atoms with Crippen LogP contribution in [-0.4, -0.2) is 39.4 Å². The number of rotatable bonds is 5. The molecule has 0 spiro atoms. The van der Waals surface area contributed by atoms with Crippen LogP contribution in [0.5, 0.6) is 0 Å². The minimum Gasteiger partial charge on any atom is -0.363 e. The first-order valence-corrected chi connectivity index (χ1v) is 10.7. The summed E-state index contributed by atoms with van der Waals surface area (Å²) >= 11 is 6.48. The van der Waals surface area contributed by atoms with Gasteiger partial charge in [0.05, 0.1) is 23.8 Å². The maximum atomic E-state index is 6.48. The molecule has 6 nitrogen and oxygen atoms in total. The van der Waals surface area contributed by atoms with Crippen LogP contribution in [0.4, 0.5) is 5.69 Å². The Kier molecular flexibility index (Phi) is 4.97. The van der Waals surface area contributed by atoms with Crippen LogP contribution in [-0.2, 0) is 13.0 Å². The van der Waals surface area contributed by atoms with Gasteiger partial charge in [0.25, 0.3) is 0 Å². The molecule has 2 aliphatic rings. The lowest BCUT2D eigenvalue weighted by Crippen LogP contribution is -2.44. The lowest BCUT2D eigenvalue weighted by atomic mass is 10.0. The zero-order valence-corrected chi connectivity index (χ0v) is 17.3. The molecule has 1 atom stereocenters. The summed E-state index contributed by atoms with van der Waals surface area (Å²) in [5.74, 6) is 0.693. The summed E-state index contributed by atoms with van der Waals surface area (Å²) in [6.45, 7) is 6.35. The third kappa shape index (κ3) is 3.63. The molecule has 29 heavy (non-hydrogen) atoms. The lowest BCUT2D eigenvalue weighted by molar-refractivity contribution is 0.306. The number of nitrogens with zero attached hydrogens (tertiary/aromatic N) is 5. The number of hydrogen-bond acceptors (Lipinski definition) is 5. The Hall–Kier alpha value is -2.44. The summed E-state index contributed by atoms with van der Waals surface area (Å²) in [6.07, 6.45) is 6.01. The highest BCUT2D eigenvalue weighted by molar-refractivity contribution is 6.31. The van der Waals surface area contributed by atoms with E-state index in [4.69, 9.17) is 11.6 Å². The Bertz CT molecular complexity index is 1010. The van der Waals surface area contributed by atoms with Crippen LogP contribution < -0.4 is 10.2 Å². The molecule has 1 unspecified atom stereocenters. The van der Waals surface area contributed by atoms with Crippen molar-refractivity contribution in [3.63, 3.8) is 0 Å². The largest absolute Gasteiger partial charge is 0.363 e. The van der Waals surface area contributed by atoms with Crippen molar-refractivity contribution in [2.45, 2.75) is 32.4 Å². The molecular formula is C22H25ClN6. The van der Waals surface area contributed by atoms with Crippen LogP contribution in [0.2, 0.25) is 5.02 Å². The average Bonchev–Trinajstić information content (AvgIpc) is 3.18. The second kappa shape index (κ2) is 7.76. The smallest absolute Gasteiger partial charge is 0.115 e. The van der Waals surface area contributed by atoms with E-state index in [2.05, 4.69) is 55.2 Å². The van der Waals surface area contributed by atoms with E-state index in [0.29, 0.717) is 5.92 Å². The zero-order chi connectivity index (χ0) is 19.8. The Morgan fingerprint density at radius 1 is 1.21 bits per heavy atom. The van der Waals surface area contributed by atoms with Crippen molar-refractivity contribution in [2.75, 3.05) is 24.5 Å². The monoisotopic (exact) mass is 408 g/mol. The van der Waals surface area contributed by atoms with Gasteiger partial charge in [-0.15, -0.1) is 5.10 Å². The molecule has 4 heterocycles. The van der Waals surface area contributed by atoms with Crippen LogP contribution >= 0.6 is 11.6 Å². The number of fused-ring (bicyclic) bond motifs is 1. The third-order valence-corrected chi connectivity index (χ3v) is 6.37. The first-order valence-electron chi connectivity index (χ1n) is 10.3. The van der Waals surface area contributed by atoms with Crippen LogP contribution in [0, 0.1) is 5.92 Å². The van der Waals surface area contributed by atoms with Crippen LogP contribution in [0.15, 0.2) is 42.9 Å². The van der Waals surface area contributed by atoms with Crippen molar-refractivity contribution in [2.24, 2.45) is 5.92 Å². The maximum Gasteiger partial charge on any atom is 0.115 e. The zero-order valence-electron chi connectivity index (χ0n) is 16.6. The SMILES string of the molecule is CC(c1ccccc1Cl)N1CCCc2nnc(-c3cn(CC4CNC4)cn3)cc21. The molecular weight excluding hydrogens is 384 g/mol. The molecule has 150 valence electrons. The van der Waals surface area contributed by atoms with Crippen molar-refractivity contribution < 1.29 is 0 Å². The van der Waals surface area contributed by atoms with Gasteiger partial charge in [0.1, 0.15) is 11.4 Å². The van der Waals surface area contributed by atoms with E-state index in [1.165, 1.54) is 0 Å². The molecule has 1 N–H and O–H groups in total. The van der Waals surface area contributed by atoms with Gasteiger partial charge < -0.3 is 14.8 Å². The molecule has 3 aromatic rings. The molecule has 2 aliphatic heterocycles. The second-order valence-electron chi connectivity index (χ2n) is 8.04. The van der Waals surface area contributed by atoms with Gasteiger partial charge in [-0.1, -0.05) is 29.8 Å². The normalized spacial score (nSPS) is 17.7. The first kappa shape index (κ1) is 18.6. The van der Waals surface area contributed by atoms with E-state index in [-0.39, 0.29) is 6.04 Å². The number of nitrogens with one attached hydrogen (secondary N) is 1. The molecule has 0 bridgehead atoms. The fourth-order valence-corrected chi connectivity index (χ4v) is 4.54. The number of hydrogen-bond donors (Lipinski definition) is 1. The van der Waals surface area contributed by atoms with Crippen molar-refractivity contribution in [3.8, 4) is 11.4 Å². The minimum atomic E-state index is 0.170. The van der Waals surface area contributed by atoms with E-state index in [0.717, 1.165) is 72.4 Å². The van der Waals surface area contributed by atoms with E-state index in [9.17, 15) is 0 Å². The number of imidazole rings is 1. The lowest BCUT2D eigenvalue weighted by Gasteiger charge is -2.36. The van der Waals surface area contributed by atoms with Gasteiger partial charge in [-0.05, 0) is 37.5 Å². The number of aromatic nitrogens is 4. The standard InChI is InChI=1S/C22H25ClN6/c1-15(17-5-2-3-6-18(17)23)29-8-4-7-19-22(29)9-20(27-26-19)21-13-28(14-25-21)12-16-10-24-11-16/h2-3,5-6,9,13-16,24H,4,7-8,10-12H2,1H3. The summed E-state index contributed by atoms with van der Waals surface area (Å²) in [4.78, 5) is 6.99. The van der Waals surface area contributed by atoms with Crippen molar-refractivity contribution >= 4 is 17.3 Å². The molecule has 0 radical (unpaired) electrons. The minimum absolute atomic E-state index is 0.170. The summed E-state index contributed by atoms with van der Waals surface area (Å²) in [5, 5.41) is 13.2. The van der Waals surface area contributed by atoms with E-state index in [1.807, 2.05) is 24.5 Å². The van der Waals surface area contributed by atoms with Crippen LogP contribution in [0.25, 0.3) is 11.4 Å². The van der Waals surface area contributed by atoms with Gasteiger partial charge in [0.15, 0.2) is 0 Å². The van der Waals surface area contributed by atoms with Crippen LogP contribution in [0.3, 0.4) is 0 Å². The van der Waals surface area contributed by atoms with E-state index >= 15 is 0 Å². The molecule has 2 aromatic heterocycles.